The SMILES string of the molecule is CC(c1cccc(S(N)(=O)=O)c1)N(C)C(=O)CCc1ncc(-c2ccc(F)cc2)o1. The van der Waals surface area contributed by atoms with Gasteiger partial charge in [0.05, 0.1) is 17.1 Å². The molecule has 0 aliphatic heterocycles. The number of benzene rings is 2. The van der Waals surface area contributed by atoms with Gasteiger partial charge < -0.3 is 9.32 Å². The first-order chi connectivity index (χ1) is 14.1. The number of aromatic nitrogens is 1. The summed E-state index contributed by atoms with van der Waals surface area (Å²) in [7, 11) is -2.17. The lowest BCUT2D eigenvalue weighted by Gasteiger charge is -2.25. The van der Waals surface area contributed by atoms with Gasteiger partial charge in [0.25, 0.3) is 0 Å². The number of oxazole rings is 1. The highest BCUT2D eigenvalue weighted by atomic mass is 32.2. The zero-order valence-electron chi connectivity index (χ0n) is 16.6. The lowest BCUT2D eigenvalue weighted by molar-refractivity contribution is -0.131. The van der Waals surface area contributed by atoms with E-state index >= 15 is 0 Å². The summed E-state index contributed by atoms with van der Waals surface area (Å²) in [6.45, 7) is 1.80. The molecule has 30 heavy (non-hydrogen) atoms. The number of carbonyl (C=O) groups excluding carboxylic acids is 1. The van der Waals surface area contributed by atoms with Crippen molar-refractivity contribution in [1.82, 2.24) is 9.88 Å². The predicted molar refractivity (Wildman–Crippen MR) is 109 cm³/mol. The molecule has 0 fully saturated rings. The van der Waals surface area contributed by atoms with Crippen LogP contribution < -0.4 is 5.14 Å². The molecule has 158 valence electrons. The van der Waals surface area contributed by atoms with E-state index in [0.29, 0.717) is 29.2 Å². The molecule has 0 saturated heterocycles. The fraction of sp³-hybridized carbons (Fsp3) is 0.238. The first-order valence-electron chi connectivity index (χ1n) is 9.24. The molecule has 0 saturated carbocycles. The average molecular weight is 431 g/mol. The topological polar surface area (TPSA) is 106 Å². The van der Waals surface area contributed by atoms with Crippen molar-refractivity contribution in [2.75, 3.05) is 7.05 Å². The van der Waals surface area contributed by atoms with Gasteiger partial charge in [0.15, 0.2) is 11.7 Å². The number of hydrogen-bond donors (Lipinski definition) is 1. The summed E-state index contributed by atoms with van der Waals surface area (Å²) in [6, 6.07) is 11.7. The third-order valence-corrected chi connectivity index (χ3v) is 5.79. The molecule has 1 atom stereocenters. The molecular formula is C21H22FN3O4S. The number of nitrogens with two attached hydrogens (primary N) is 1. The molecule has 7 nitrogen and oxygen atoms in total. The van der Waals surface area contributed by atoms with Crippen molar-refractivity contribution in [2.24, 2.45) is 5.14 Å². The van der Waals surface area contributed by atoms with Crippen LogP contribution in [-0.4, -0.2) is 31.3 Å². The van der Waals surface area contributed by atoms with E-state index < -0.39 is 10.0 Å². The number of amides is 1. The van der Waals surface area contributed by atoms with Crippen LogP contribution in [0.15, 0.2) is 64.0 Å². The molecule has 0 bridgehead atoms. The molecule has 2 N–H and O–H groups in total. The molecule has 0 aliphatic carbocycles. The van der Waals surface area contributed by atoms with Crippen molar-refractivity contribution in [3.05, 3.63) is 72.0 Å². The summed E-state index contributed by atoms with van der Waals surface area (Å²) in [6.07, 6.45) is 2.01. The van der Waals surface area contributed by atoms with Gasteiger partial charge in [0, 0.05) is 25.5 Å². The third-order valence-electron chi connectivity index (χ3n) is 4.88. The minimum atomic E-state index is -3.82. The van der Waals surface area contributed by atoms with Crippen LogP contribution in [0, 0.1) is 5.82 Å². The Bertz CT molecular complexity index is 1140. The van der Waals surface area contributed by atoms with Gasteiger partial charge in [-0.25, -0.2) is 22.9 Å². The second kappa shape index (κ2) is 8.76. The molecule has 0 aliphatic rings. The summed E-state index contributed by atoms with van der Waals surface area (Å²) in [4.78, 5) is 18.3. The van der Waals surface area contributed by atoms with E-state index in [4.69, 9.17) is 9.56 Å². The molecule has 3 rings (SSSR count). The van der Waals surface area contributed by atoms with Gasteiger partial charge in [0.2, 0.25) is 15.9 Å². The number of hydrogen-bond acceptors (Lipinski definition) is 5. The van der Waals surface area contributed by atoms with Gasteiger partial charge in [0.1, 0.15) is 5.82 Å². The maximum atomic E-state index is 13.0. The van der Waals surface area contributed by atoms with Crippen LogP contribution in [-0.2, 0) is 21.2 Å². The summed E-state index contributed by atoms with van der Waals surface area (Å²) in [5.41, 5.74) is 1.36. The van der Waals surface area contributed by atoms with E-state index in [2.05, 4.69) is 4.98 Å². The van der Waals surface area contributed by atoms with Crippen molar-refractivity contribution >= 4 is 15.9 Å². The second-order valence-corrected chi connectivity index (χ2v) is 8.48. The molecule has 0 radical (unpaired) electrons. The number of rotatable bonds is 7. The monoisotopic (exact) mass is 431 g/mol. The first-order valence-corrected chi connectivity index (χ1v) is 10.8. The Morgan fingerprint density at radius 1 is 1.23 bits per heavy atom. The Kier molecular flexibility index (Phi) is 6.33. The largest absolute Gasteiger partial charge is 0.441 e. The molecule has 2 aromatic carbocycles. The zero-order chi connectivity index (χ0) is 21.9. The quantitative estimate of drug-likeness (QED) is 0.618. The fourth-order valence-corrected chi connectivity index (χ4v) is 3.52. The Morgan fingerprint density at radius 2 is 1.93 bits per heavy atom. The second-order valence-electron chi connectivity index (χ2n) is 6.92. The smallest absolute Gasteiger partial charge is 0.238 e. The van der Waals surface area contributed by atoms with Gasteiger partial charge >= 0.3 is 0 Å². The molecule has 0 spiro atoms. The molecule has 1 amide bonds. The Labute approximate surface area is 174 Å². The molecular weight excluding hydrogens is 409 g/mol. The van der Waals surface area contributed by atoms with E-state index in [1.807, 2.05) is 0 Å². The van der Waals surface area contributed by atoms with E-state index in [-0.39, 0.29) is 29.1 Å². The highest BCUT2D eigenvalue weighted by Crippen LogP contribution is 2.24. The summed E-state index contributed by atoms with van der Waals surface area (Å²) >= 11 is 0. The van der Waals surface area contributed by atoms with E-state index in [1.54, 1.807) is 38.2 Å². The maximum absolute atomic E-state index is 13.0. The number of aryl methyl sites for hydroxylation is 1. The number of halogens is 1. The van der Waals surface area contributed by atoms with Crippen molar-refractivity contribution in [3.8, 4) is 11.3 Å². The minimum absolute atomic E-state index is 0.000747. The van der Waals surface area contributed by atoms with Crippen molar-refractivity contribution in [1.29, 1.82) is 0 Å². The van der Waals surface area contributed by atoms with E-state index in [0.717, 1.165) is 0 Å². The molecule has 1 heterocycles. The molecule has 1 unspecified atom stereocenters. The minimum Gasteiger partial charge on any atom is -0.441 e. The Morgan fingerprint density at radius 3 is 2.60 bits per heavy atom. The number of sulfonamides is 1. The van der Waals surface area contributed by atoms with Gasteiger partial charge in [-0.2, -0.15) is 0 Å². The van der Waals surface area contributed by atoms with Gasteiger partial charge in [-0.15, -0.1) is 0 Å². The summed E-state index contributed by atoms with van der Waals surface area (Å²) in [5.74, 6) is 0.416. The Hall–Kier alpha value is -3.04. The van der Waals surface area contributed by atoms with Crippen LogP contribution in [0.25, 0.3) is 11.3 Å². The fourth-order valence-electron chi connectivity index (χ4n) is 2.95. The van der Waals surface area contributed by atoms with Crippen LogP contribution in [0.2, 0.25) is 0 Å². The highest BCUT2D eigenvalue weighted by Gasteiger charge is 2.20. The van der Waals surface area contributed by atoms with Crippen LogP contribution in [0.1, 0.15) is 30.8 Å². The summed E-state index contributed by atoms with van der Waals surface area (Å²) in [5, 5.41) is 5.18. The van der Waals surface area contributed by atoms with Crippen molar-refractivity contribution in [2.45, 2.75) is 30.7 Å². The zero-order valence-corrected chi connectivity index (χ0v) is 17.4. The normalized spacial score (nSPS) is 12.5. The molecule has 9 heteroatoms. The van der Waals surface area contributed by atoms with E-state index in [1.165, 1.54) is 35.4 Å². The first kappa shape index (κ1) is 21.7. The lowest BCUT2D eigenvalue weighted by Crippen LogP contribution is -2.30. The number of carbonyl (C=O) groups is 1. The van der Waals surface area contributed by atoms with Gasteiger partial charge in [-0.05, 0) is 48.9 Å². The van der Waals surface area contributed by atoms with E-state index in [9.17, 15) is 17.6 Å². The van der Waals surface area contributed by atoms with Crippen molar-refractivity contribution < 1.29 is 22.0 Å². The lowest BCUT2D eigenvalue weighted by atomic mass is 10.1. The highest BCUT2D eigenvalue weighted by molar-refractivity contribution is 7.89. The Balaban J connectivity index is 1.63. The predicted octanol–water partition coefficient (Wildman–Crippen LogP) is 3.28. The van der Waals surface area contributed by atoms with Gasteiger partial charge in [-0.1, -0.05) is 12.1 Å². The van der Waals surface area contributed by atoms with Crippen molar-refractivity contribution in [3.63, 3.8) is 0 Å². The van der Waals surface area contributed by atoms with Crippen LogP contribution >= 0.6 is 0 Å². The number of nitrogens with zero attached hydrogens (tertiary/aromatic N) is 2. The van der Waals surface area contributed by atoms with Gasteiger partial charge in [-0.3, -0.25) is 4.79 Å². The molecule has 3 aromatic rings. The van der Waals surface area contributed by atoms with Crippen LogP contribution in [0.4, 0.5) is 4.39 Å². The number of primary sulfonamides is 1. The summed E-state index contributed by atoms with van der Waals surface area (Å²) < 4.78 is 41.8. The average Bonchev–Trinajstić information content (AvgIpc) is 3.20. The van der Waals surface area contributed by atoms with Crippen LogP contribution in [0.3, 0.4) is 0 Å². The maximum Gasteiger partial charge on any atom is 0.238 e. The third kappa shape index (κ3) is 5.11. The standard InChI is InChI=1S/C21H22FN3O4S/c1-14(16-4-3-5-18(12-16)30(23,27)28)25(2)21(26)11-10-20-24-13-19(29-20)15-6-8-17(22)9-7-15/h3-9,12-14H,10-11H2,1-2H3,(H2,23,27,28). The van der Waals surface area contributed by atoms with Crippen LogP contribution in [0.5, 0.6) is 0 Å². The molecule has 1 aromatic heterocycles.